The molecule has 0 aliphatic carbocycles. The molecule has 2 unspecified atom stereocenters. The first kappa shape index (κ1) is 19.8. The van der Waals surface area contributed by atoms with Gasteiger partial charge in [-0.15, -0.1) is 0 Å². The second-order valence-electron chi connectivity index (χ2n) is 8.30. The number of carbonyl (C=O) groups is 1. The van der Waals surface area contributed by atoms with Gasteiger partial charge in [0.05, 0.1) is 12.6 Å². The molecular formula is C21H33N3O3. The number of benzene rings is 1. The van der Waals surface area contributed by atoms with Crippen molar-refractivity contribution in [2.24, 2.45) is 11.3 Å². The zero-order valence-corrected chi connectivity index (χ0v) is 17.0. The van der Waals surface area contributed by atoms with Gasteiger partial charge < -0.3 is 24.6 Å². The summed E-state index contributed by atoms with van der Waals surface area (Å²) in [5.41, 5.74) is 1.37. The molecule has 2 atom stereocenters. The highest BCUT2D eigenvalue weighted by Crippen LogP contribution is 2.43. The number of methoxy groups -OCH3 is 1. The Morgan fingerprint density at radius 3 is 2.59 bits per heavy atom. The molecule has 3 aliphatic heterocycles. The van der Waals surface area contributed by atoms with Crippen LogP contribution in [0.2, 0.25) is 0 Å². The van der Waals surface area contributed by atoms with Gasteiger partial charge in [-0.2, -0.15) is 0 Å². The number of anilines is 1. The van der Waals surface area contributed by atoms with E-state index < -0.39 is 0 Å². The SMILES string of the molecule is CCNC(=O)N1CC2CN(c3ccc(OCCOC)cc3)C(C1)C(C)(C)C2. The van der Waals surface area contributed by atoms with Crippen molar-refractivity contribution in [2.45, 2.75) is 33.2 Å². The van der Waals surface area contributed by atoms with Gasteiger partial charge in [0.15, 0.2) is 0 Å². The van der Waals surface area contributed by atoms with Gasteiger partial charge in [-0.25, -0.2) is 4.79 Å². The fraction of sp³-hybridized carbons (Fsp3) is 0.667. The van der Waals surface area contributed by atoms with Crippen LogP contribution in [-0.2, 0) is 4.74 Å². The van der Waals surface area contributed by atoms with Gasteiger partial charge in [0.1, 0.15) is 12.4 Å². The summed E-state index contributed by atoms with van der Waals surface area (Å²) in [5.74, 6) is 1.35. The van der Waals surface area contributed by atoms with E-state index in [0.29, 0.717) is 31.7 Å². The van der Waals surface area contributed by atoms with Crippen molar-refractivity contribution in [3.8, 4) is 5.75 Å². The lowest BCUT2D eigenvalue weighted by Crippen LogP contribution is -2.54. The minimum Gasteiger partial charge on any atom is -0.491 e. The number of amides is 2. The number of hydrogen-bond acceptors (Lipinski definition) is 4. The van der Waals surface area contributed by atoms with E-state index in [1.807, 2.05) is 24.0 Å². The standard InChI is InChI=1S/C21H33N3O3/c1-5-22-20(25)23-13-16-12-21(2,3)19(15-23)24(14-16)17-6-8-18(9-7-17)27-11-10-26-4/h6-9,16,19H,5,10-15H2,1-4H3,(H,22,25). The molecule has 0 spiro atoms. The van der Waals surface area contributed by atoms with Crippen molar-refractivity contribution in [3.05, 3.63) is 24.3 Å². The summed E-state index contributed by atoms with van der Waals surface area (Å²) < 4.78 is 10.7. The molecule has 1 N–H and O–H groups in total. The van der Waals surface area contributed by atoms with Crippen LogP contribution in [0.4, 0.5) is 10.5 Å². The van der Waals surface area contributed by atoms with Crippen molar-refractivity contribution >= 4 is 11.7 Å². The van der Waals surface area contributed by atoms with Crippen LogP contribution in [0.1, 0.15) is 27.2 Å². The summed E-state index contributed by atoms with van der Waals surface area (Å²) in [6, 6.07) is 8.69. The Bertz CT molecular complexity index is 632. The third kappa shape index (κ3) is 4.49. The van der Waals surface area contributed by atoms with Crippen molar-refractivity contribution in [3.63, 3.8) is 0 Å². The molecule has 1 aromatic rings. The first-order valence-electron chi connectivity index (χ1n) is 9.96. The molecule has 27 heavy (non-hydrogen) atoms. The Morgan fingerprint density at radius 1 is 1.19 bits per heavy atom. The molecule has 4 rings (SSSR count). The predicted octanol–water partition coefficient (Wildman–Crippen LogP) is 2.98. The monoisotopic (exact) mass is 375 g/mol. The van der Waals surface area contributed by atoms with Crippen LogP contribution in [0.5, 0.6) is 5.75 Å². The molecule has 2 amide bonds. The summed E-state index contributed by atoms with van der Waals surface area (Å²) in [7, 11) is 1.67. The molecule has 0 radical (unpaired) electrons. The summed E-state index contributed by atoms with van der Waals surface area (Å²) in [4.78, 5) is 17.0. The average Bonchev–Trinajstić information content (AvgIpc) is 2.90. The zero-order chi connectivity index (χ0) is 19.4. The van der Waals surface area contributed by atoms with E-state index in [2.05, 4.69) is 36.2 Å². The fourth-order valence-electron chi connectivity index (χ4n) is 4.53. The molecule has 3 saturated heterocycles. The number of hydrogen-bond donors (Lipinski definition) is 1. The quantitative estimate of drug-likeness (QED) is 0.777. The molecule has 0 aromatic heterocycles. The van der Waals surface area contributed by atoms with E-state index >= 15 is 0 Å². The van der Waals surface area contributed by atoms with Crippen LogP contribution in [0.25, 0.3) is 0 Å². The summed E-state index contributed by atoms with van der Waals surface area (Å²) in [6.07, 6.45) is 1.16. The van der Waals surface area contributed by atoms with E-state index in [4.69, 9.17) is 9.47 Å². The number of carbonyl (C=O) groups excluding carboxylic acids is 1. The van der Waals surface area contributed by atoms with Gasteiger partial charge in [0.25, 0.3) is 0 Å². The molecule has 0 saturated carbocycles. The Hall–Kier alpha value is -1.95. The number of nitrogens with one attached hydrogen (secondary N) is 1. The lowest BCUT2D eigenvalue weighted by Gasteiger charge is -2.48. The number of nitrogens with zero attached hydrogens (tertiary/aromatic N) is 2. The van der Waals surface area contributed by atoms with Crippen molar-refractivity contribution in [1.29, 1.82) is 0 Å². The highest BCUT2D eigenvalue weighted by molar-refractivity contribution is 5.74. The maximum Gasteiger partial charge on any atom is 0.317 e. The van der Waals surface area contributed by atoms with Crippen molar-refractivity contribution < 1.29 is 14.3 Å². The Labute approximate surface area is 162 Å². The van der Waals surface area contributed by atoms with E-state index in [-0.39, 0.29) is 11.4 Å². The number of rotatable bonds is 6. The molecule has 1 aromatic carbocycles. The summed E-state index contributed by atoms with van der Waals surface area (Å²) in [5, 5.41) is 2.97. The molecule has 150 valence electrons. The number of fused-ring (bicyclic) bond motifs is 4. The second-order valence-corrected chi connectivity index (χ2v) is 8.30. The Balaban J connectivity index is 1.77. The smallest absolute Gasteiger partial charge is 0.317 e. The van der Waals surface area contributed by atoms with Crippen molar-refractivity contribution in [1.82, 2.24) is 10.2 Å². The molecule has 6 nitrogen and oxygen atoms in total. The third-order valence-electron chi connectivity index (χ3n) is 5.76. The Kier molecular flexibility index (Phi) is 6.15. The molecular weight excluding hydrogens is 342 g/mol. The molecule has 2 bridgehead atoms. The normalized spacial score (nSPS) is 23.9. The topological polar surface area (TPSA) is 54.0 Å². The largest absolute Gasteiger partial charge is 0.491 e. The van der Waals surface area contributed by atoms with Crippen molar-refractivity contribution in [2.75, 3.05) is 51.4 Å². The number of ether oxygens (including phenoxy) is 2. The maximum absolute atomic E-state index is 12.5. The molecule has 6 heteroatoms. The lowest BCUT2D eigenvalue weighted by molar-refractivity contribution is 0.146. The molecule has 3 aliphatic rings. The second kappa shape index (κ2) is 8.38. The average molecular weight is 376 g/mol. The van der Waals surface area contributed by atoms with Gasteiger partial charge >= 0.3 is 6.03 Å². The van der Waals surface area contributed by atoms with Gasteiger partial charge in [0, 0.05) is 39.0 Å². The van der Waals surface area contributed by atoms with Gasteiger partial charge in [0.2, 0.25) is 0 Å². The Morgan fingerprint density at radius 2 is 1.93 bits per heavy atom. The van der Waals surface area contributed by atoms with E-state index in [1.165, 1.54) is 5.69 Å². The summed E-state index contributed by atoms with van der Waals surface area (Å²) in [6.45, 7) is 11.0. The van der Waals surface area contributed by atoms with Crippen LogP contribution in [0.3, 0.4) is 0 Å². The maximum atomic E-state index is 12.5. The van der Waals surface area contributed by atoms with Crippen LogP contribution in [0, 0.1) is 11.3 Å². The van der Waals surface area contributed by atoms with E-state index in [0.717, 1.165) is 31.8 Å². The minimum absolute atomic E-state index is 0.0638. The van der Waals surface area contributed by atoms with Gasteiger partial charge in [-0.05, 0) is 48.9 Å². The minimum atomic E-state index is 0.0638. The van der Waals surface area contributed by atoms with Crippen LogP contribution < -0.4 is 15.0 Å². The highest BCUT2D eigenvalue weighted by Gasteiger charge is 2.46. The molecule has 3 heterocycles. The predicted molar refractivity (Wildman–Crippen MR) is 107 cm³/mol. The van der Waals surface area contributed by atoms with Gasteiger partial charge in [-0.3, -0.25) is 0 Å². The number of urea groups is 1. The first-order chi connectivity index (χ1) is 12.9. The fourth-order valence-corrected chi connectivity index (χ4v) is 4.53. The molecule has 3 fully saturated rings. The van der Waals surface area contributed by atoms with Crippen LogP contribution in [-0.4, -0.2) is 63.5 Å². The summed E-state index contributed by atoms with van der Waals surface area (Å²) >= 11 is 0. The highest BCUT2D eigenvalue weighted by atomic mass is 16.5. The van der Waals surface area contributed by atoms with Crippen LogP contribution >= 0.6 is 0 Å². The zero-order valence-electron chi connectivity index (χ0n) is 17.0. The van der Waals surface area contributed by atoms with Crippen LogP contribution in [0.15, 0.2) is 24.3 Å². The third-order valence-corrected chi connectivity index (χ3v) is 5.76. The van der Waals surface area contributed by atoms with Gasteiger partial charge in [-0.1, -0.05) is 13.8 Å². The lowest BCUT2D eigenvalue weighted by atomic mass is 9.73. The van der Waals surface area contributed by atoms with E-state index in [9.17, 15) is 4.79 Å². The number of piperidine rings is 1. The first-order valence-corrected chi connectivity index (χ1v) is 9.96. The van der Waals surface area contributed by atoms with E-state index in [1.54, 1.807) is 7.11 Å².